The third-order valence-electron chi connectivity index (χ3n) is 5.44. The molecule has 1 aromatic rings. The van der Waals surface area contributed by atoms with Crippen molar-refractivity contribution in [1.82, 2.24) is 15.1 Å². The van der Waals surface area contributed by atoms with Gasteiger partial charge in [0, 0.05) is 31.7 Å². The molecule has 0 aliphatic carbocycles. The van der Waals surface area contributed by atoms with Crippen LogP contribution >= 0.6 is 0 Å². The van der Waals surface area contributed by atoms with Crippen molar-refractivity contribution < 1.29 is 14.3 Å². The van der Waals surface area contributed by atoms with E-state index in [0.29, 0.717) is 43.9 Å². The molecule has 1 aromatic carbocycles. The lowest BCUT2D eigenvalue weighted by Crippen LogP contribution is -2.61. The number of likely N-dealkylation sites (N-methyl/N-ethyl adjacent to an activating group) is 1. The van der Waals surface area contributed by atoms with Crippen LogP contribution in [0.2, 0.25) is 0 Å². The molecule has 2 fully saturated rings. The molecule has 0 atom stereocenters. The van der Waals surface area contributed by atoms with Gasteiger partial charge in [-0.2, -0.15) is 0 Å². The molecule has 0 bridgehead atoms. The van der Waals surface area contributed by atoms with Gasteiger partial charge in [-0.3, -0.25) is 14.5 Å². The van der Waals surface area contributed by atoms with Crippen molar-refractivity contribution in [3.63, 3.8) is 0 Å². The Morgan fingerprint density at radius 2 is 2.12 bits per heavy atom. The smallest absolute Gasteiger partial charge is 0.253 e. The molecule has 2 aliphatic rings. The Morgan fingerprint density at radius 1 is 1.35 bits per heavy atom. The van der Waals surface area contributed by atoms with Gasteiger partial charge in [0.15, 0.2) is 0 Å². The van der Waals surface area contributed by atoms with E-state index in [1.54, 1.807) is 18.2 Å². The van der Waals surface area contributed by atoms with Crippen LogP contribution in [0.5, 0.6) is 5.75 Å². The van der Waals surface area contributed by atoms with Gasteiger partial charge in [-0.1, -0.05) is 18.7 Å². The fourth-order valence-corrected chi connectivity index (χ4v) is 3.82. The molecule has 6 heteroatoms. The van der Waals surface area contributed by atoms with Crippen LogP contribution < -0.4 is 10.1 Å². The summed E-state index contributed by atoms with van der Waals surface area (Å²) in [5, 5.41) is 3.03. The fraction of sp³-hybridized carbons (Fsp3) is 0.500. The average molecular weight is 357 g/mol. The summed E-state index contributed by atoms with van der Waals surface area (Å²) in [5.41, 5.74) is 0.128. The maximum Gasteiger partial charge on any atom is 0.253 e. The molecule has 26 heavy (non-hydrogen) atoms. The van der Waals surface area contributed by atoms with E-state index in [9.17, 15) is 9.59 Å². The molecule has 0 saturated carbocycles. The summed E-state index contributed by atoms with van der Waals surface area (Å²) in [6, 6.07) is 7.22. The van der Waals surface area contributed by atoms with Crippen molar-refractivity contribution in [1.29, 1.82) is 0 Å². The summed E-state index contributed by atoms with van der Waals surface area (Å²) < 4.78 is 5.52. The number of amides is 2. The van der Waals surface area contributed by atoms with E-state index >= 15 is 0 Å². The molecule has 1 spiro atoms. The summed E-state index contributed by atoms with van der Waals surface area (Å²) in [7, 11) is 2.02. The molecule has 140 valence electrons. The van der Waals surface area contributed by atoms with E-state index < -0.39 is 5.54 Å². The topological polar surface area (TPSA) is 61.9 Å². The van der Waals surface area contributed by atoms with Crippen molar-refractivity contribution in [3.8, 4) is 5.75 Å². The largest absolute Gasteiger partial charge is 0.490 e. The van der Waals surface area contributed by atoms with Gasteiger partial charge in [-0.25, -0.2) is 0 Å². The van der Waals surface area contributed by atoms with E-state index in [1.807, 2.05) is 24.1 Å². The molecule has 2 aliphatic heterocycles. The highest BCUT2D eigenvalue weighted by molar-refractivity contribution is 5.95. The third kappa shape index (κ3) is 3.60. The lowest BCUT2D eigenvalue weighted by atomic mass is 9.85. The first-order chi connectivity index (χ1) is 12.6. The maximum atomic E-state index is 12.9. The van der Waals surface area contributed by atoms with Crippen molar-refractivity contribution in [2.75, 3.05) is 39.8 Å². The van der Waals surface area contributed by atoms with Gasteiger partial charge < -0.3 is 15.0 Å². The van der Waals surface area contributed by atoms with Crippen LogP contribution in [0, 0.1) is 0 Å². The Labute approximate surface area is 154 Å². The Hall–Kier alpha value is -2.34. The number of nitrogens with zero attached hydrogens (tertiary/aromatic N) is 2. The van der Waals surface area contributed by atoms with Gasteiger partial charge in [-0.05, 0) is 44.5 Å². The Bertz CT molecular complexity index is 681. The molecule has 2 saturated heterocycles. The quantitative estimate of drug-likeness (QED) is 0.833. The van der Waals surface area contributed by atoms with Gasteiger partial charge in [0.2, 0.25) is 5.91 Å². The molecular weight excluding hydrogens is 330 g/mol. The van der Waals surface area contributed by atoms with Crippen LogP contribution in [0.25, 0.3) is 0 Å². The van der Waals surface area contributed by atoms with Crippen LogP contribution in [0.1, 0.15) is 29.6 Å². The molecule has 2 heterocycles. The second-order valence-corrected chi connectivity index (χ2v) is 6.98. The molecule has 6 nitrogen and oxygen atoms in total. The zero-order valence-electron chi connectivity index (χ0n) is 15.4. The second-order valence-electron chi connectivity index (χ2n) is 6.98. The number of hydrogen-bond acceptors (Lipinski definition) is 4. The highest BCUT2D eigenvalue weighted by atomic mass is 16.5. The number of carbonyl (C=O) groups is 2. The van der Waals surface area contributed by atoms with E-state index in [1.165, 1.54) is 0 Å². The summed E-state index contributed by atoms with van der Waals surface area (Å²) in [4.78, 5) is 29.5. The molecule has 2 amide bonds. The summed E-state index contributed by atoms with van der Waals surface area (Å²) in [5.74, 6) is 0.747. The van der Waals surface area contributed by atoms with Gasteiger partial charge in [0.1, 0.15) is 17.9 Å². The van der Waals surface area contributed by atoms with Gasteiger partial charge in [0.05, 0.1) is 0 Å². The van der Waals surface area contributed by atoms with Crippen LogP contribution in [0.3, 0.4) is 0 Å². The van der Waals surface area contributed by atoms with Crippen molar-refractivity contribution in [2.24, 2.45) is 0 Å². The number of likely N-dealkylation sites (tertiary alicyclic amines) is 1. The molecule has 1 N–H and O–H groups in total. The first-order valence-corrected chi connectivity index (χ1v) is 9.19. The van der Waals surface area contributed by atoms with Crippen LogP contribution in [0.15, 0.2) is 36.9 Å². The van der Waals surface area contributed by atoms with E-state index in [2.05, 4.69) is 16.8 Å². The third-order valence-corrected chi connectivity index (χ3v) is 5.44. The zero-order chi connectivity index (χ0) is 18.6. The van der Waals surface area contributed by atoms with E-state index in [-0.39, 0.29) is 11.8 Å². The lowest BCUT2D eigenvalue weighted by Gasteiger charge is -2.44. The second kappa shape index (κ2) is 7.91. The summed E-state index contributed by atoms with van der Waals surface area (Å²) in [6.45, 7) is 6.82. The van der Waals surface area contributed by atoms with Crippen molar-refractivity contribution in [3.05, 3.63) is 42.5 Å². The Balaban J connectivity index is 1.68. The molecular formula is C20H27N3O3. The molecule has 0 aromatic heterocycles. The van der Waals surface area contributed by atoms with E-state index in [4.69, 9.17) is 4.74 Å². The minimum absolute atomic E-state index is 0.0133. The maximum absolute atomic E-state index is 12.9. The number of ether oxygens (including phenoxy) is 1. The minimum Gasteiger partial charge on any atom is -0.490 e. The normalized spacial score (nSPS) is 20.3. The highest BCUT2D eigenvalue weighted by Crippen LogP contribution is 2.30. The Morgan fingerprint density at radius 3 is 2.85 bits per heavy atom. The number of benzene rings is 1. The van der Waals surface area contributed by atoms with Gasteiger partial charge in [-0.15, -0.1) is 0 Å². The minimum atomic E-state index is -0.484. The van der Waals surface area contributed by atoms with Gasteiger partial charge >= 0.3 is 0 Å². The average Bonchev–Trinajstić information content (AvgIpc) is 2.80. The van der Waals surface area contributed by atoms with Crippen LogP contribution in [-0.2, 0) is 4.79 Å². The van der Waals surface area contributed by atoms with Crippen LogP contribution in [0.4, 0.5) is 0 Å². The predicted molar refractivity (Wildman–Crippen MR) is 100 cm³/mol. The van der Waals surface area contributed by atoms with Crippen molar-refractivity contribution in [2.45, 2.75) is 24.8 Å². The first kappa shape index (κ1) is 18.5. The Kier molecular flexibility index (Phi) is 5.61. The first-order valence-electron chi connectivity index (χ1n) is 9.19. The standard InChI is InChI=1S/C20H27N3O3/c1-3-14-26-17-7-4-6-16(15-17)18(24)23-12-8-20(9-13-23)19(25)21-10-5-11-22(20)2/h3-4,6-7,15H,1,5,8-14H2,2H3,(H,21,25). The molecule has 0 radical (unpaired) electrons. The number of rotatable bonds is 4. The SMILES string of the molecule is C=CCOc1cccc(C(=O)N2CCC3(CC2)C(=O)NCCCN3C)c1. The summed E-state index contributed by atoms with van der Waals surface area (Å²) in [6.07, 6.45) is 3.96. The molecule has 0 unspecified atom stereocenters. The number of hydrogen-bond donors (Lipinski definition) is 1. The van der Waals surface area contributed by atoms with Crippen molar-refractivity contribution >= 4 is 11.8 Å². The summed E-state index contributed by atoms with van der Waals surface area (Å²) >= 11 is 0. The highest BCUT2D eigenvalue weighted by Gasteiger charge is 2.46. The predicted octanol–water partition coefficient (Wildman–Crippen LogP) is 1.68. The lowest BCUT2D eigenvalue weighted by molar-refractivity contribution is -0.134. The zero-order valence-corrected chi connectivity index (χ0v) is 15.4. The number of piperidine rings is 1. The van der Waals surface area contributed by atoms with Crippen LogP contribution in [-0.4, -0.2) is 67.0 Å². The van der Waals surface area contributed by atoms with E-state index in [0.717, 1.165) is 19.5 Å². The number of nitrogens with one attached hydrogen (secondary N) is 1. The monoisotopic (exact) mass is 357 g/mol. The number of carbonyl (C=O) groups excluding carboxylic acids is 2. The fourth-order valence-electron chi connectivity index (χ4n) is 3.82. The molecule has 3 rings (SSSR count). The van der Waals surface area contributed by atoms with Gasteiger partial charge in [0.25, 0.3) is 5.91 Å².